The molecule has 5 fully saturated rings. The van der Waals surface area contributed by atoms with E-state index in [1.807, 2.05) is 0 Å². The molecule has 2 unspecified atom stereocenters. The molecule has 0 spiro atoms. The molecule has 0 aromatic carbocycles. The summed E-state index contributed by atoms with van der Waals surface area (Å²) in [5, 5.41) is 12.4. The van der Waals surface area contributed by atoms with E-state index in [0.29, 0.717) is 49.0 Å². The molecule has 3 N–H and O–H groups in total. The van der Waals surface area contributed by atoms with Gasteiger partial charge in [0, 0.05) is 12.0 Å². The van der Waals surface area contributed by atoms with Crippen LogP contribution in [-0.4, -0.2) is 49.5 Å². The van der Waals surface area contributed by atoms with Gasteiger partial charge in [-0.3, -0.25) is 0 Å². The Morgan fingerprint density at radius 1 is 1.03 bits per heavy atom. The van der Waals surface area contributed by atoms with Crippen molar-refractivity contribution in [1.82, 2.24) is 0 Å². The van der Waals surface area contributed by atoms with Gasteiger partial charge in [-0.15, -0.1) is 0 Å². The molecule has 0 aromatic heterocycles. The Hall–Kier alpha value is -0.460. The molecule has 0 bridgehead atoms. The lowest BCUT2D eigenvalue weighted by molar-refractivity contribution is -0.209. The number of rotatable bonds is 6. The average molecular weight is 462 g/mol. The number of ether oxygens (including phenoxy) is 3. The molecule has 4 aliphatic carbocycles. The SMILES string of the molecule is C/C(=C/[C@H]1CC[C@@]2(O)[C@@H]3CCC4CC(OCCCN)CC[C@]4(C)[C@H]3CC[C@]12C)C1OCCO1. The molecule has 1 heterocycles. The fraction of sp³-hybridized carbons (Fsp3) is 0.929. The van der Waals surface area contributed by atoms with Crippen molar-refractivity contribution in [3.8, 4) is 0 Å². The predicted molar refractivity (Wildman–Crippen MR) is 130 cm³/mol. The van der Waals surface area contributed by atoms with Crippen LogP contribution in [0.15, 0.2) is 11.6 Å². The van der Waals surface area contributed by atoms with Gasteiger partial charge in [-0.25, -0.2) is 0 Å². The Labute approximate surface area is 200 Å². The molecule has 5 nitrogen and oxygen atoms in total. The molecule has 1 aliphatic heterocycles. The fourth-order valence-electron chi connectivity index (χ4n) is 9.00. The Kier molecular flexibility index (Phi) is 6.76. The molecule has 0 amide bonds. The molecule has 8 atom stereocenters. The van der Waals surface area contributed by atoms with E-state index < -0.39 is 5.60 Å². The highest BCUT2D eigenvalue weighted by atomic mass is 16.7. The van der Waals surface area contributed by atoms with E-state index in [2.05, 4.69) is 26.8 Å². The summed E-state index contributed by atoms with van der Waals surface area (Å²) in [5.74, 6) is 2.22. The van der Waals surface area contributed by atoms with Crippen molar-refractivity contribution in [2.45, 2.75) is 103 Å². The highest BCUT2D eigenvalue weighted by Crippen LogP contribution is 2.69. The summed E-state index contributed by atoms with van der Waals surface area (Å²) in [6, 6.07) is 0. The van der Waals surface area contributed by atoms with Crippen molar-refractivity contribution < 1.29 is 19.3 Å². The van der Waals surface area contributed by atoms with Gasteiger partial charge in [0.1, 0.15) is 0 Å². The van der Waals surface area contributed by atoms with Crippen molar-refractivity contribution >= 4 is 0 Å². The zero-order valence-corrected chi connectivity index (χ0v) is 21.2. The van der Waals surface area contributed by atoms with Crippen LogP contribution < -0.4 is 5.73 Å². The lowest BCUT2D eigenvalue weighted by atomic mass is 9.43. The maximum Gasteiger partial charge on any atom is 0.179 e. The largest absolute Gasteiger partial charge is 0.389 e. The Bertz CT molecular complexity index is 735. The van der Waals surface area contributed by atoms with Gasteiger partial charge in [-0.2, -0.15) is 0 Å². The normalized spacial score (nSPS) is 48.4. The van der Waals surface area contributed by atoms with E-state index in [-0.39, 0.29) is 11.7 Å². The first-order valence-corrected chi connectivity index (χ1v) is 13.8. The topological polar surface area (TPSA) is 73.9 Å². The number of allylic oxidation sites excluding steroid dienone is 1. The number of nitrogens with two attached hydrogens (primary N) is 1. The first-order valence-electron chi connectivity index (χ1n) is 13.8. The van der Waals surface area contributed by atoms with Crippen LogP contribution in [-0.2, 0) is 14.2 Å². The van der Waals surface area contributed by atoms with Gasteiger partial charge < -0.3 is 25.1 Å². The quantitative estimate of drug-likeness (QED) is 0.438. The highest BCUT2D eigenvalue weighted by Gasteiger charge is 2.66. The van der Waals surface area contributed by atoms with Crippen LogP contribution in [0.5, 0.6) is 0 Å². The van der Waals surface area contributed by atoms with Gasteiger partial charge in [-0.05, 0) is 112 Å². The number of hydrogen-bond acceptors (Lipinski definition) is 5. The van der Waals surface area contributed by atoms with E-state index in [0.717, 1.165) is 38.2 Å². The minimum absolute atomic E-state index is 0.0419. The van der Waals surface area contributed by atoms with E-state index >= 15 is 0 Å². The average Bonchev–Trinajstić information content (AvgIpc) is 3.42. The zero-order chi connectivity index (χ0) is 23.3. The van der Waals surface area contributed by atoms with Gasteiger partial charge in [0.2, 0.25) is 0 Å². The molecule has 4 saturated carbocycles. The summed E-state index contributed by atoms with van der Waals surface area (Å²) in [6.07, 6.45) is 14.0. The molecule has 5 heteroatoms. The second-order valence-electron chi connectivity index (χ2n) is 12.4. The highest BCUT2D eigenvalue weighted by molar-refractivity contribution is 5.21. The standard InChI is InChI=1S/C28H47NO4/c1-19(25-32-15-16-33-25)17-21-7-12-28(30)24-6-5-20-18-22(31-14-4-13-29)8-10-26(20,2)23(24)9-11-27(21,28)3/h17,20-25,30H,4-16,18,29H2,1-3H3/b19-17-/t20?,21-,22?,23+,24-,26+,27-,28-/m1/s1. The van der Waals surface area contributed by atoms with E-state index in [1.165, 1.54) is 44.1 Å². The van der Waals surface area contributed by atoms with Gasteiger partial charge in [0.05, 0.1) is 24.9 Å². The number of hydrogen-bond donors (Lipinski definition) is 2. The zero-order valence-electron chi connectivity index (χ0n) is 21.2. The molecular formula is C28H47NO4. The van der Waals surface area contributed by atoms with Gasteiger partial charge in [-0.1, -0.05) is 19.9 Å². The van der Waals surface area contributed by atoms with Gasteiger partial charge in [0.25, 0.3) is 0 Å². The lowest BCUT2D eigenvalue weighted by Gasteiger charge is -2.63. The molecule has 0 radical (unpaired) electrons. The smallest absolute Gasteiger partial charge is 0.179 e. The number of aliphatic hydroxyl groups is 1. The Balaban J connectivity index is 1.31. The molecule has 33 heavy (non-hydrogen) atoms. The van der Waals surface area contributed by atoms with Crippen molar-refractivity contribution in [3.63, 3.8) is 0 Å². The summed E-state index contributed by atoms with van der Waals surface area (Å²) < 4.78 is 17.7. The maximum atomic E-state index is 12.4. The molecule has 5 aliphatic rings. The first-order chi connectivity index (χ1) is 15.8. The molecule has 188 valence electrons. The van der Waals surface area contributed by atoms with Crippen LogP contribution in [0.4, 0.5) is 0 Å². The van der Waals surface area contributed by atoms with Gasteiger partial charge in [0.15, 0.2) is 6.29 Å². The maximum absolute atomic E-state index is 12.4. The van der Waals surface area contributed by atoms with Crippen LogP contribution in [0.3, 0.4) is 0 Å². The van der Waals surface area contributed by atoms with Crippen LogP contribution >= 0.6 is 0 Å². The van der Waals surface area contributed by atoms with Crippen molar-refractivity contribution in [3.05, 3.63) is 11.6 Å². The monoisotopic (exact) mass is 461 g/mol. The molecule has 5 rings (SSSR count). The third kappa shape index (κ3) is 3.94. The third-order valence-corrected chi connectivity index (χ3v) is 11.0. The summed E-state index contributed by atoms with van der Waals surface area (Å²) in [5.41, 5.74) is 6.61. The molecular weight excluding hydrogens is 414 g/mol. The summed E-state index contributed by atoms with van der Waals surface area (Å²) >= 11 is 0. The fourth-order valence-corrected chi connectivity index (χ4v) is 9.00. The Morgan fingerprint density at radius 2 is 1.82 bits per heavy atom. The predicted octanol–water partition coefficient (Wildman–Crippen LogP) is 4.81. The first kappa shape index (κ1) is 24.2. The van der Waals surface area contributed by atoms with E-state index in [1.54, 1.807) is 0 Å². The minimum atomic E-state index is -0.544. The Morgan fingerprint density at radius 3 is 2.58 bits per heavy atom. The number of fused-ring (bicyclic) bond motifs is 5. The van der Waals surface area contributed by atoms with Crippen molar-refractivity contribution in [1.29, 1.82) is 0 Å². The van der Waals surface area contributed by atoms with E-state index in [4.69, 9.17) is 19.9 Å². The van der Waals surface area contributed by atoms with Crippen LogP contribution in [0.1, 0.15) is 85.0 Å². The lowest BCUT2D eigenvalue weighted by Crippen LogP contribution is -2.62. The summed E-state index contributed by atoms with van der Waals surface area (Å²) in [4.78, 5) is 0. The minimum Gasteiger partial charge on any atom is -0.389 e. The van der Waals surface area contributed by atoms with Crippen LogP contribution in [0, 0.1) is 34.5 Å². The summed E-state index contributed by atoms with van der Waals surface area (Å²) in [7, 11) is 0. The van der Waals surface area contributed by atoms with Crippen molar-refractivity contribution in [2.75, 3.05) is 26.4 Å². The second-order valence-corrected chi connectivity index (χ2v) is 12.4. The van der Waals surface area contributed by atoms with E-state index in [9.17, 15) is 5.11 Å². The summed E-state index contributed by atoms with van der Waals surface area (Å²) in [6.45, 7) is 9.97. The second kappa shape index (κ2) is 9.20. The van der Waals surface area contributed by atoms with Crippen LogP contribution in [0.25, 0.3) is 0 Å². The van der Waals surface area contributed by atoms with Crippen LogP contribution in [0.2, 0.25) is 0 Å². The molecule has 1 saturated heterocycles. The molecule has 0 aromatic rings. The van der Waals surface area contributed by atoms with Crippen molar-refractivity contribution in [2.24, 2.45) is 40.2 Å². The van der Waals surface area contributed by atoms with Gasteiger partial charge >= 0.3 is 0 Å². The third-order valence-electron chi connectivity index (χ3n) is 11.0.